The molecule has 0 bridgehead atoms. The van der Waals surface area contributed by atoms with Gasteiger partial charge in [0.05, 0.1) is 12.3 Å². The predicted molar refractivity (Wildman–Crippen MR) is 166 cm³/mol. The van der Waals surface area contributed by atoms with Gasteiger partial charge in [0, 0.05) is 52.3 Å². The van der Waals surface area contributed by atoms with Crippen LogP contribution in [-0.4, -0.2) is 50.0 Å². The van der Waals surface area contributed by atoms with E-state index in [9.17, 15) is 18.0 Å². The maximum atomic E-state index is 14.4. The molecular weight excluding hydrogens is 609 g/mol. The van der Waals surface area contributed by atoms with E-state index < -0.39 is 27.4 Å². The summed E-state index contributed by atoms with van der Waals surface area (Å²) in [6.45, 7) is 0.664. The number of terminal acetylenes is 1. The molecule has 8 nitrogen and oxygen atoms in total. The average molecular weight is 639 g/mol. The van der Waals surface area contributed by atoms with Crippen LogP contribution < -0.4 is 15.4 Å². The van der Waals surface area contributed by atoms with Crippen molar-refractivity contribution >= 4 is 50.7 Å². The van der Waals surface area contributed by atoms with E-state index in [1.54, 1.807) is 48.5 Å². The first kappa shape index (κ1) is 29.5. The van der Waals surface area contributed by atoms with E-state index in [1.165, 1.54) is 10.6 Å². The molecule has 3 aliphatic heterocycles. The molecule has 3 heterocycles. The van der Waals surface area contributed by atoms with Crippen molar-refractivity contribution < 1.29 is 22.7 Å². The van der Waals surface area contributed by atoms with Crippen molar-refractivity contribution in [2.45, 2.75) is 42.7 Å². The third kappa shape index (κ3) is 5.27. The summed E-state index contributed by atoms with van der Waals surface area (Å²) < 4.78 is 32.1. The second-order valence-electron chi connectivity index (χ2n) is 11.2. The summed E-state index contributed by atoms with van der Waals surface area (Å²) in [6, 6.07) is 16.9. The van der Waals surface area contributed by atoms with Crippen molar-refractivity contribution in [3.8, 4) is 18.1 Å². The molecule has 222 valence electrons. The van der Waals surface area contributed by atoms with E-state index in [0.717, 1.165) is 5.56 Å². The number of anilines is 1. The summed E-state index contributed by atoms with van der Waals surface area (Å²) in [5.41, 5.74) is 1.81. The van der Waals surface area contributed by atoms with Crippen LogP contribution in [0.4, 0.5) is 5.69 Å². The molecule has 3 aliphatic rings. The van der Waals surface area contributed by atoms with Crippen molar-refractivity contribution in [2.75, 3.05) is 24.7 Å². The SMILES string of the molecule is C#Cc1ccc(OC2CCN(S(C)(=O)=O)CC2)c([C@@H]2NC(=O)C[C@H](c3cccc(Cl)c3)[C@@]23C(=O)Nc2cc(Cl)ccc23)c1. The zero-order valence-corrected chi connectivity index (χ0v) is 25.6. The molecule has 2 N–H and O–H groups in total. The van der Waals surface area contributed by atoms with Gasteiger partial charge in [0.1, 0.15) is 17.3 Å². The van der Waals surface area contributed by atoms with Gasteiger partial charge in [0.2, 0.25) is 21.8 Å². The first-order valence-electron chi connectivity index (χ1n) is 13.9. The maximum absolute atomic E-state index is 14.4. The summed E-state index contributed by atoms with van der Waals surface area (Å²) in [6.07, 6.45) is 7.75. The van der Waals surface area contributed by atoms with E-state index in [2.05, 4.69) is 16.6 Å². The van der Waals surface area contributed by atoms with E-state index in [1.807, 2.05) is 12.1 Å². The maximum Gasteiger partial charge on any atom is 0.238 e. The monoisotopic (exact) mass is 637 g/mol. The molecule has 2 amide bonds. The molecule has 0 aromatic heterocycles. The van der Waals surface area contributed by atoms with Gasteiger partial charge in [-0.15, -0.1) is 6.42 Å². The van der Waals surface area contributed by atoms with Gasteiger partial charge in [-0.25, -0.2) is 12.7 Å². The Morgan fingerprint density at radius 2 is 1.77 bits per heavy atom. The number of rotatable bonds is 5. The van der Waals surface area contributed by atoms with Crippen molar-refractivity contribution in [3.05, 3.63) is 93.0 Å². The summed E-state index contributed by atoms with van der Waals surface area (Å²) in [5.74, 6) is 2.00. The second kappa shape index (κ2) is 11.2. The van der Waals surface area contributed by atoms with Crippen LogP contribution in [-0.2, 0) is 25.0 Å². The van der Waals surface area contributed by atoms with Crippen molar-refractivity contribution in [1.29, 1.82) is 0 Å². The van der Waals surface area contributed by atoms with Gasteiger partial charge in [-0.1, -0.05) is 47.3 Å². The second-order valence-corrected chi connectivity index (χ2v) is 14.1. The van der Waals surface area contributed by atoms with Crippen LogP contribution in [0.2, 0.25) is 10.0 Å². The van der Waals surface area contributed by atoms with Crippen LogP contribution in [0.25, 0.3) is 0 Å². The van der Waals surface area contributed by atoms with Crippen molar-refractivity contribution in [2.24, 2.45) is 0 Å². The number of nitrogens with zero attached hydrogens (tertiary/aromatic N) is 1. The number of amides is 2. The standard InChI is InChI=1S/C32H29Cl2N3O5S/c1-3-19-7-10-28(42-23-11-13-37(14-12-23)43(2,40)41)24(15-19)30-32(25-9-8-22(34)17-27(25)35-31(32)39)26(18-29(38)36-30)20-5-4-6-21(33)16-20/h1,4-10,15-17,23,26,30H,11-14,18H2,2H3,(H,35,39)(H,36,38)/t26-,30+,32-/m1/s1. The molecule has 0 radical (unpaired) electrons. The third-order valence-corrected chi connectivity index (χ3v) is 10.4. The van der Waals surface area contributed by atoms with Crippen LogP contribution in [0.1, 0.15) is 53.5 Å². The fraction of sp³-hybridized carbons (Fsp3) is 0.312. The average Bonchev–Trinajstić information content (AvgIpc) is 3.25. The molecule has 2 fully saturated rings. The Hall–Kier alpha value is -3.55. The van der Waals surface area contributed by atoms with Gasteiger partial charge < -0.3 is 15.4 Å². The number of carbonyl (C=O) groups excluding carboxylic acids is 2. The Balaban J connectivity index is 1.51. The minimum absolute atomic E-state index is 0.0430. The zero-order chi connectivity index (χ0) is 30.5. The summed E-state index contributed by atoms with van der Waals surface area (Å²) in [5, 5.41) is 7.10. The van der Waals surface area contributed by atoms with Crippen molar-refractivity contribution in [1.82, 2.24) is 9.62 Å². The number of fused-ring (bicyclic) bond motifs is 2. The van der Waals surface area contributed by atoms with E-state index in [4.69, 9.17) is 34.4 Å². The number of benzene rings is 3. The highest BCUT2D eigenvalue weighted by molar-refractivity contribution is 7.88. The highest BCUT2D eigenvalue weighted by Crippen LogP contribution is 2.58. The number of ether oxygens (including phenoxy) is 1. The van der Waals surface area contributed by atoms with Gasteiger partial charge in [-0.2, -0.15) is 0 Å². The van der Waals surface area contributed by atoms with Crippen LogP contribution in [0.3, 0.4) is 0 Å². The fourth-order valence-corrected chi connectivity index (χ4v) is 7.95. The van der Waals surface area contributed by atoms with E-state index >= 15 is 0 Å². The number of hydrogen-bond donors (Lipinski definition) is 2. The van der Waals surface area contributed by atoms with Crippen LogP contribution in [0.15, 0.2) is 60.7 Å². The number of carbonyl (C=O) groups is 2. The molecule has 6 rings (SSSR count). The Bertz CT molecular complexity index is 1780. The van der Waals surface area contributed by atoms with Crippen LogP contribution >= 0.6 is 23.2 Å². The molecule has 43 heavy (non-hydrogen) atoms. The Labute approximate surface area is 260 Å². The number of sulfonamides is 1. The molecule has 3 aromatic rings. The lowest BCUT2D eigenvalue weighted by Crippen LogP contribution is -2.57. The first-order chi connectivity index (χ1) is 20.5. The minimum atomic E-state index is -3.31. The lowest BCUT2D eigenvalue weighted by Gasteiger charge is -2.47. The Kier molecular flexibility index (Phi) is 7.68. The molecule has 11 heteroatoms. The lowest BCUT2D eigenvalue weighted by atomic mass is 9.59. The predicted octanol–water partition coefficient (Wildman–Crippen LogP) is 5.01. The molecular formula is C32H29Cl2N3O5S. The summed E-state index contributed by atoms with van der Waals surface area (Å²) in [4.78, 5) is 27.9. The zero-order valence-electron chi connectivity index (χ0n) is 23.3. The normalized spacial score (nSPS) is 24.2. The summed E-state index contributed by atoms with van der Waals surface area (Å²) in [7, 11) is -3.31. The van der Waals surface area contributed by atoms with Gasteiger partial charge in [0.25, 0.3) is 0 Å². The first-order valence-corrected chi connectivity index (χ1v) is 16.5. The van der Waals surface area contributed by atoms with E-state index in [-0.39, 0.29) is 24.3 Å². The number of hydrogen-bond acceptors (Lipinski definition) is 5. The molecule has 3 aromatic carbocycles. The van der Waals surface area contributed by atoms with Gasteiger partial charge in [-0.05, 0) is 66.4 Å². The third-order valence-electron chi connectivity index (χ3n) is 8.65. The molecule has 3 atom stereocenters. The molecule has 0 aliphatic carbocycles. The van der Waals surface area contributed by atoms with Crippen LogP contribution in [0.5, 0.6) is 5.75 Å². The largest absolute Gasteiger partial charge is 0.490 e. The number of nitrogens with one attached hydrogen (secondary N) is 2. The van der Waals surface area contributed by atoms with Gasteiger partial charge in [0.15, 0.2) is 0 Å². The molecule has 0 saturated carbocycles. The fourth-order valence-electron chi connectivity index (χ4n) is 6.70. The Morgan fingerprint density at radius 1 is 1.02 bits per heavy atom. The Morgan fingerprint density at radius 3 is 2.47 bits per heavy atom. The molecule has 0 unspecified atom stereocenters. The highest BCUT2D eigenvalue weighted by Gasteiger charge is 2.61. The smallest absolute Gasteiger partial charge is 0.238 e. The van der Waals surface area contributed by atoms with Crippen LogP contribution in [0, 0.1) is 12.3 Å². The topological polar surface area (TPSA) is 105 Å². The van der Waals surface area contributed by atoms with Gasteiger partial charge in [-0.3, -0.25) is 9.59 Å². The molecule has 1 spiro atoms. The van der Waals surface area contributed by atoms with Crippen molar-refractivity contribution in [3.63, 3.8) is 0 Å². The molecule has 2 saturated heterocycles. The lowest BCUT2D eigenvalue weighted by molar-refractivity contribution is -0.131. The summed E-state index contributed by atoms with van der Waals surface area (Å²) >= 11 is 12.8. The quantitative estimate of drug-likeness (QED) is 0.383. The highest BCUT2D eigenvalue weighted by atomic mass is 35.5. The minimum Gasteiger partial charge on any atom is -0.490 e. The van der Waals surface area contributed by atoms with E-state index in [0.29, 0.717) is 64.1 Å². The van der Waals surface area contributed by atoms with Gasteiger partial charge >= 0.3 is 0 Å². The number of piperidine rings is 2. The number of halogens is 2.